The van der Waals surface area contributed by atoms with Crippen LogP contribution in [0.2, 0.25) is 0 Å². The summed E-state index contributed by atoms with van der Waals surface area (Å²) in [6.07, 6.45) is 2.75. The van der Waals surface area contributed by atoms with E-state index in [4.69, 9.17) is 0 Å². The second-order valence-electron chi connectivity index (χ2n) is 4.16. The van der Waals surface area contributed by atoms with E-state index in [1.807, 2.05) is 0 Å². The zero-order chi connectivity index (χ0) is 10.6. The van der Waals surface area contributed by atoms with Gasteiger partial charge in [-0.05, 0) is 12.8 Å². The molecule has 1 heterocycles. The lowest BCUT2D eigenvalue weighted by Gasteiger charge is -2.31. The summed E-state index contributed by atoms with van der Waals surface area (Å²) >= 11 is 0. The quantitative estimate of drug-likeness (QED) is 0.641. The number of carbonyl (C=O) groups excluding carboxylic acids is 1. The molecular weight excluding hydrogens is 174 g/mol. The van der Waals surface area contributed by atoms with Crippen LogP contribution in [0, 0.1) is 5.92 Å². The van der Waals surface area contributed by atoms with Gasteiger partial charge < -0.3 is 0 Å². The van der Waals surface area contributed by atoms with E-state index in [-0.39, 0.29) is 5.92 Å². The molecule has 1 fully saturated rings. The number of ketones is 1. The van der Waals surface area contributed by atoms with Gasteiger partial charge in [-0.2, -0.15) is 0 Å². The molecule has 2 heteroatoms. The molecule has 0 saturated carbocycles. The van der Waals surface area contributed by atoms with E-state index in [1.54, 1.807) is 0 Å². The third kappa shape index (κ3) is 2.95. The summed E-state index contributed by atoms with van der Waals surface area (Å²) in [4.78, 5) is 13.8. The second-order valence-corrected chi connectivity index (χ2v) is 4.16. The highest BCUT2D eigenvalue weighted by Crippen LogP contribution is 2.17. The summed E-state index contributed by atoms with van der Waals surface area (Å²) in [5.41, 5.74) is 1.27. The minimum Gasteiger partial charge on any atom is -0.299 e. The van der Waals surface area contributed by atoms with Gasteiger partial charge in [0, 0.05) is 32.0 Å². The van der Waals surface area contributed by atoms with Gasteiger partial charge in [0.1, 0.15) is 5.78 Å². The molecule has 0 spiro atoms. The van der Waals surface area contributed by atoms with Gasteiger partial charge in [-0.1, -0.05) is 26.0 Å². The van der Waals surface area contributed by atoms with Gasteiger partial charge in [-0.15, -0.1) is 0 Å². The zero-order valence-corrected chi connectivity index (χ0v) is 9.38. The fourth-order valence-corrected chi connectivity index (χ4v) is 1.91. The molecule has 2 nitrogen and oxygen atoms in total. The van der Waals surface area contributed by atoms with Crippen molar-refractivity contribution in [2.75, 3.05) is 19.6 Å². The van der Waals surface area contributed by atoms with Crippen molar-refractivity contribution in [2.24, 2.45) is 5.92 Å². The number of carbonyl (C=O) groups is 1. The average molecular weight is 195 g/mol. The maximum Gasteiger partial charge on any atom is 0.138 e. The van der Waals surface area contributed by atoms with Crippen molar-refractivity contribution >= 4 is 5.78 Å². The lowest BCUT2D eigenvalue weighted by atomic mass is 9.94. The van der Waals surface area contributed by atoms with Crippen molar-refractivity contribution in [2.45, 2.75) is 33.1 Å². The van der Waals surface area contributed by atoms with E-state index in [9.17, 15) is 4.79 Å². The van der Waals surface area contributed by atoms with Crippen LogP contribution in [0.5, 0.6) is 0 Å². The summed E-state index contributed by atoms with van der Waals surface area (Å²) in [5, 5.41) is 0. The molecule has 1 unspecified atom stereocenters. The van der Waals surface area contributed by atoms with Crippen molar-refractivity contribution in [3.8, 4) is 0 Å². The Kier molecular flexibility index (Phi) is 4.33. The molecule has 1 aliphatic heterocycles. The highest BCUT2D eigenvalue weighted by Gasteiger charge is 2.25. The topological polar surface area (TPSA) is 20.3 Å². The predicted octanol–water partition coefficient (Wildman–Crippen LogP) is 2.25. The Morgan fingerprint density at radius 2 is 2.29 bits per heavy atom. The Labute approximate surface area is 87.0 Å². The van der Waals surface area contributed by atoms with Crippen LogP contribution in [-0.2, 0) is 4.79 Å². The summed E-state index contributed by atoms with van der Waals surface area (Å²) in [6, 6.07) is 0. The summed E-state index contributed by atoms with van der Waals surface area (Å²) < 4.78 is 0. The van der Waals surface area contributed by atoms with Crippen LogP contribution in [-0.4, -0.2) is 30.3 Å². The van der Waals surface area contributed by atoms with Gasteiger partial charge in [-0.25, -0.2) is 0 Å². The van der Waals surface area contributed by atoms with Crippen LogP contribution in [0.4, 0.5) is 0 Å². The Bertz CT molecular complexity index is 222. The van der Waals surface area contributed by atoms with Gasteiger partial charge in [0.05, 0.1) is 0 Å². The number of rotatable bonds is 4. The number of piperidine rings is 1. The first kappa shape index (κ1) is 11.4. The first-order valence-corrected chi connectivity index (χ1v) is 5.59. The van der Waals surface area contributed by atoms with Gasteiger partial charge in [-0.3, -0.25) is 9.69 Å². The van der Waals surface area contributed by atoms with Crippen LogP contribution in [0.25, 0.3) is 0 Å². The molecule has 0 bridgehead atoms. The van der Waals surface area contributed by atoms with Gasteiger partial charge >= 0.3 is 0 Å². The Balaban J connectivity index is 2.42. The van der Waals surface area contributed by atoms with Crippen molar-refractivity contribution in [1.29, 1.82) is 0 Å². The van der Waals surface area contributed by atoms with Crippen LogP contribution in [0.3, 0.4) is 0 Å². The molecule has 0 N–H and O–H groups in total. The van der Waals surface area contributed by atoms with E-state index in [0.717, 1.165) is 38.9 Å². The van der Waals surface area contributed by atoms with Crippen LogP contribution >= 0.6 is 0 Å². The number of likely N-dealkylation sites (tertiary alicyclic amines) is 1. The van der Waals surface area contributed by atoms with Gasteiger partial charge in [0.25, 0.3) is 0 Å². The Morgan fingerprint density at radius 1 is 1.57 bits per heavy atom. The van der Waals surface area contributed by atoms with Crippen molar-refractivity contribution in [3.63, 3.8) is 0 Å². The summed E-state index contributed by atoms with van der Waals surface area (Å²) in [6.45, 7) is 11.1. The number of Topliss-reactive ketones (excluding diaryl/α,β-unsaturated/α-hetero) is 1. The summed E-state index contributed by atoms with van der Waals surface area (Å²) in [7, 11) is 0. The Morgan fingerprint density at radius 3 is 2.86 bits per heavy atom. The molecule has 0 aromatic rings. The third-order valence-corrected chi connectivity index (χ3v) is 3.05. The minimum atomic E-state index is 0.272. The van der Waals surface area contributed by atoms with Crippen molar-refractivity contribution < 1.29 is 4.79 Å². The van der Waals surface area contributed by atoms with Crippen LogP contribution < -0.4 is 0 Å². The van der Waals surface area contributed by atoms with Crippen LogP contribution in [0.1, 0.15) is 33.1 Å². The average Bonchev–Trinajstić information content (AvgIpc) is 2.20. The van der Waals surface area contributed by atoms with E-state index < -0.39 is 0 Å². The molecule has 80 valence electrons. The molecule has 0 aromatic heterocycles. The van der Waals surface area contributed by atoms with Crippen LogP contribution in [0.15, 0.2) is 12.2 Å². The lowest BCUT2D eigenvalue weighted by Crippen LogP contribution is -2.41. The minimum absolute atomic E-state index is 0.272. The van der Waals surface area contributed by atoms with Gasteiger partial charge in [0.15, 0.2) is 0 Å². The molecule has 1 aliphatic rings. The maximum atomic E-state index is 11.5. The maximum absolute atomic E-state index is 11.5. The first-order chi connectivity index (χ1) is 6.67. The largest absolute Gasteiger partial charge is 0.299 e. The predicted molar refractivity (Wildman–Crippen MR) is 59.3 cm³/mol. The smallest absolute Gasteiger partial charge is 0.138 e. The molecule has 14 heavy (non-hydrogen) atoms. The highest BCUT2D eigenvalue weighted by atomic mass is 16.1. The summed E-state index contributed by atoms with van der Waals surface area (Å²) in [5.74, 6) is 0.722. The number of nitrogens with zero attached hydrogens (tertiary/aromatic N) is 1. The normalized spacial score (nSPS) is 23.9. The fraction of sp³-hybridized carbons (Fsp3) is 0.750. The number of hydrogen-bond donors (Lipinski definition) is 0. The lowest BCUT2D eigenvalue weighted by molar-refractivity contribution is -0.126. The monoisotopic (exact) mass is 195 g/mol. The fourth-order valence-electron chi connectivity index (χ4n) is 1.91. The van der Waals surface area contributed by atoms with E-state index in [1.165, 1.54) is 5.57 Å². The molecule has 0 amide bonds. The van der Waals surface area contributed by atoms with Gasteiger partial charge in [0.2, 0.25) is 0 Å². The van der Waals surface area contributed by atoms with E-state index in [0.29, 0.717) is 5.78 Å². The zero-order valence-electron chi connectivity index (χ0n) is 9.38. The van der Waals surface area contributed by atoms with E-state index in [2.05, 4.69) is 25.3 Å². The van der Waals surface area contributed by atoms with Crippen molar-refractivity contribution in [3.05, 3.63) is 12.2 Å². The Hall–Kier alpha value is -0.630. The number of hydrogen-bond acceptors (Lipinski definition) is 2. The molecule has 0 aliphatic carbocycles. The molecule has 1 rings (SSSR count). The molecule has 0 aromatic carbocycles. The SMILES string of the molecule is C=C(CC)CN1CCC(=O)C(CC)C1. The second kappa shape index (κ2) is 5.30. The third-order valence-electron chi connectivity index (χ3n) is 3.05. The first-order valence-electron chi connectivity index (χ1n) is 5.59. The molecule has 0 radical (unpaired) electrons. The molecular formula is C12H21NO. The highest BCUT2D eigenvalue weighted by molar-refractivity contribution is 5.82. The molecule has 1 atom stereocenters. The molecule has 1 saturated heterocycles. The van der Waals surface area contributed by atoms with Crippen molar-refractivity contribution in [1.82, 2.24) is 4.90 Å². The van der Waals surface area contributed by atoms with E-state index >= 15 is 0 Å². The standard InChI is InChI=1S/C12H21NO/c1-4-10(3)8-13-7-6-12(14)11(5-2)9-13/h11H,3-9H2,1-2H3.